The Balaban J connectivity index is 0.000000960. The van der Waals surface area contributed by atoms with Gasteiger partial charge in [-0.2, -0.15) is 0 Å². The van der Waals surface area contributed by atoms with Gasteiger partial charge in [-0.15, -0.1) is 11.8 Å². The fourth-order valence-electron chi connectivity index (χ4n) is 3.70. The topological polar surface area (TPSA) is 137 Å². The second-order valence-corrected chi connectivity index (χ2v) is 9.45. The maximum absolute atomic E-state index is 13.3. The minimum absolute atomic E-state index is 0.0309. The van der Waals surface area contributed by atoms with Crippen LogP contribution in [0, 0.1) is 5.92 Å². The molecule has 2 amide bonds. The number of nitrogens with one attached hydrogen (secondary N) is 3. The monoisotopic (exact) mass is 522 g/mol. The van der Waals surface area contributed by atoms with E-state index in [1.807, 2.05) is 13.8 Å². The summed E-state index contributed by atoms with van der Waals surface area (Å²) in [6.07, 6.45) is 2.26. The molecule has 3 unspecified atom stereocenters. The molecule has 200 valence electrons. The summed E-state index contributed by atoms with van der Waals surface area (Å²) >= 11 is 1.40. The lowest BCUT2D eigenvalue weighted by molar-refractivity contribution is -0.151. The SMILES string of the molecule is C=CSCC=O.CNC(C(=O)NC(Cc1cccc(O)c1)C(=O)N1CCCC(C(=O)OC)N1)C(C)C. The molecule has 0 aliphatic carbocycles. The van der Waals surface area contributed by atoms with Gasteiger partial charge in [0.05, 0.1) is 18.9 Å². The smallest absolute Gasteiger partial charge is 0.324 e. The molecule has 0 aromatic heterocycles. The fourth-order valence-corrected chi connectivity index (χ4v) is 3.92. The first-order chi connectivity index (χ1) is 17.2. The average molecular weight is 523 g/mol. The van der Waals surface area contributed by atoms with Gasteiger partial charge in [0.1, 0.15) is 24.1 Å². The molecule has 1 heterocycles. The maximum Gasteiger partial charge on any atom is 0.324 e. The third-order valence-electron chi connectivity index (χ3n) is 5.45. The number of hydrazine groups is 1. The standard InChI is InChI=1S/C21H32N4O5.C4H6OS/c1-13(2)18(22-3)19(27)23-17(12-14-7-5-8-15(26)11-14)20(28)25-10-6-9-16(24-25)21(29)30-4;1-2-6-4-3-5/h5,7-8,11,13,16-18,22,24,26H,6,9-10,12H2,1-4H3,(H,23,27);2-3H,1,4H2. The summed E-state index contributed by atoms with van der Waals surface area (Å²) in [6, 6.07) is 4.65. The molecule has 0 bridgehead atoms. The first kappa shape index (κ1) is 31.1. The first-order valence-electron chi connectivity index (χ1n) is 11.7. The molecule has 1 aliphatic heterocycles. The largest absolute Gasteiger partial charge is 0.508 e. The molecule has 4 N–H and O–H groups in total. The maximum atomic E-state index is 13.3. The summed E-state index contributed by atoms with van der Waals surface area (Å²) in [5, 5.41) is 18.6. The van der Waals surface area contributed by atoms with Crippen LogP contribution in [-0.2, 0) is 30.3 Å². The highest BCUT2D eigenvalue weighted by atomic mass is 32.2. The molecule has 2 rings (SSSR count). The fraction of sp³-hybridized carbons (Fsp3) is 0.520. The van der Waals surface area contributed by atoms with Gasteiger partial charge in [-0.1, -0.05) is 32.6 Å². The Hall–Kier alpha value is -2.89. The van der Waals surface area contributed by atoms with E-state index in [0.29, 0.717) is 30.7 Å². The van der Waals surface area contributed by atoms with Crippen LogP contribution < -0.4 is 16.1 Å². The van der Waals surface area contributed by atoms with E-state index in [1.165, 1.54) is 23.9 Å². The second kappa shape index (κ2) is 16.7. The van der Waals surface area contributed by atoms with E-state index in [1.54, 1.807) is 36.7 Å². The van der Waals surface area contributed by atoms with Crippen LogP contribution in [0.3, 0.4) is 0 Å². The van der Waals surface area contributed by atoms with Crippen molar-refractivity contribution in [1.29, 1.82) is 0 Å². The van der Waals surface area contributed by atoms with Crippen molar-refractivity contribution in [3.63, 3.8) is 0 Å². The van der Waals surface area contributed by atoms with Crippen LogP contribution in [0.2, 0.25) is 0 Å². The van der Waals surface area contributed by atoms with E-state index in [9.17, 15) is 24.3 Å². The number of methoxy groups -OCH3 is 1. The molecule has 11 heteroatoms. The van der Waals surface area contributed by atoms with Crippen molar-refractivity contribution in [2.45, 2.75) is 51.2 Å². The molecule has 1 saturated heterocycles. The zero-order valence-electron chi connectivity index (χ0n) is 21.4. The number of phenolic OH excluding ortho intramolecular Hbond substituents is 1. The van der Waals surface area contributed by atoms with Gasteiger partial charge in [0, 0.05) is 13.0 Å². The van der Waals surface area contributed by atoms with E-state index in [-0.39, 0.29) is 29.9 Å². The van der Waals surface area contributed by atoms with Crippen molar-refractivity contribution in [2.75, 3.05) is 26.5 Å². The van der Waals surface area contributed by atoms with Crippen LogP contribution in [-0.4, -0.2) is 78.8 Å². The lowest BCUT2D eigenvalue weighted by Gasteiger charge is -2.35. The van der Waals surface area contributed by atoms with Gasteiger partial charge < -0.3 is 25.3 Å². The summed E-state index contributed by atoms with van der Waals surface area (Å²) in [6.45, 7) is 7.65. The number of ether oxygens (including phenoxy) is 1. The first-order valence-corrected chi connectivity index (χ1v) is 12.8. The molecule has 1 aromatic rings. The van der Waals surface area contributed by atoms with Crippen LogP contribution >= 0.6 is 11.8 Å². The van der Waals surface area contributed by atoms with Gasteiger partial charge in [0.15, 0.2) is 0 Å². The Morgan fingerprint density at radius 2 is 2.08 bits per heavy atom. The van der Waals surface area contributed by atoms with Crippen LogP contribution in [0.5, 0.6) is 5.75 Å². The molecule has 10 nitrogen and oxygen atoms in total. The number of esters is 1. The number of rotatable bonds is 11. The minimum atomic E-state index is -0.863. The van der Waals surface area contributed by atoms with Gasteiger partial charge >= 0.3 is 5.97 Å². The van der Waals surface area contributed by atoms with Crippen molar-refractivity contribution >= 4 is 35.8 Å². The normalized spacial score (nSPS) is 16.7. The number of nitrogens with zero attached hydrogens (tertiary/aromatic N) is 1. The lowest BCUT2D eigenvalue weighted by Crippen LogP contribution is -2.61. The van der Waals surface area contributed by atoms with Gasteiger partial charge in [-0.05, 0) is 48.9 Å². The summed E-state index contributed by atoms with van der Waals surface area (Å²) in [4.78, 5) is 47.5. The molecule has 1 aromatic carbocycles. The number of hydrogen-bond donors (Lipinski definition) is 4. The van der Waals surface area contributed by atoms with Crippen molar-refractivity contribution in [2.24, 2.45) is 5.92 Å². The number of aromatic hydroxyl groups is 1. The molecule has 0 radical (unpaired) electrons. The van der Waals surface area contributed by atoms with Gasteiger partial charge in [0.2, 0.25) is 5.91 Å². The van der Waals surface area contributed by atoms with Gasteiger partial charge in [-0.3, -0.25) is 19.4 Å². The van der Waals surface area contributed by atoms with Gasteiger partial charge in [-0.25, -0.2) is 5.43 Å². The summed E-state index contributed by atoms with van der Waals surface area (Å²) in [5.74, 6) is -0.420. The number of likely N-dealkylation sites (N-methyl/N-ethyl adjacent to an activating group) is 1. The number of thioether (sulfide) groups is 1. The number of aldehydes is 1. The van der Waals surface area contributed by atoms with Crippen molar-refractivity contribution in [1.82, 2.24) is 21.1 Å². The Morgan fingerprint density at radius 1 is 1.36 bits per heavy atom. The summed E-state index contributed by atoms with van der Waals surface area (Å²) < 4.78 is 4.78. The Kier molecular flexibility index (Phi) is 14.5. The van der Waals surface area contributed by atoms with E-state index >= 15 is 0 Å². The predicted molar refractivity (Wildman–Crippen MR) is 140 cm³/mol. The predicted octanol–water partition coefficient (Wildman–Crippen LogP) is 1.39. The highest BCUT2D eigenvalue weighted by molar-refractivity contribution is 8.02. The van der Waals surface area contributed by atoms with Crippen LogP contribution in [0.4, 0.5) is 0 Å². The van der Waals surface area contributed by atoms with Gasteiger partial charge in [0.25, 0.3) is 5.91 Å². The van der Waals surface area contributed by atoms with E-state index in [2.05, 4.69) is 22.6 Å². The number of amides is 2. The zero-order valence-corrected chi connectivity index (χ0v) is 22.2. The molecule has 0 saturated carbocycles. The van der Waals surface area contributed by atoms with Crippen LogP contribution in [0.25, 0.3) is 0 Å². The quantitative estimate of drug-likeness (QED) is 0.193. The van der Waals surface area contributed by atoms with E-state index < -0.39 is 24.1 Å². The average Bonchev–Trinajstić information content (AvgIpc) is 2.86. The van der Waals surface area contributed by atoms with E-state index in [0.717, 1.165) is 6.29 Å². The van der Waals surface area contributed by atoms with E-state index in [4.69, 9.17) is 4.74 Å². The van der Waals surface area contributed by atoms with Crippen LogP contribution in [0.1, 0.15) is 32.3 Å². The lowest BCUT2D eigenvalue weighted by atomic mass is 10.0. The Bertz CT molecular complexity index is 874. The number of carbonyl (C=O) groups is 4. The zero-order chi connectivity index (χ0) is 27.1. The Labute approximate surface area is 217 Å². The molecule has 0 spiro atoms. The molecular weight excluding hydrogens is 484 g/mol. The number of hydrogen-bond acceptors (Lipinski definition) is 9. The molecular formula is C25H38N4O6S. The summed E-state index contributed by atoms with van der Waals surface area (Å²) in [7, 11) is 3.00. The highest BCUT2D eigenvalue weighted by Gasteiger charge is 2.34. The number of carbonyl (C=O) groups excluding carboxylic acids is 4. The number of phenols is 1. The third-order valence-corrected chi connectivity index (χ3v) is 6.01. The van der Waals surface area contributed by atoms with Crippen LogP contribution in [0.15, 0.2) is 36.3 Å². The van der Waals surface area contributed by atoms with Crippen molar-refractivity contribution in [3.05, 3.63) is 41.8 Å². The molecule has 36 heavy (non-hydrogen) atoms. The third kappa shape index (κ3) is 10.4. The van der Waals surface area contributed by atoms with Crippen molar-refractivity contribution in [3.8, 4) is 5.75 Å². The minimum Gasteiger partial charge on any atom is -0.508 e. The van der Waals surface area contributed by atoms with Crippen molar-refractivity contribution < 1.29 is 29.0 Å². The highest BCUT2D eigenvalue weighted by Crippen LogP contribution is 2.16. The molecule has 1 aliphatic rings. The second-order valence-electron chi connectivity index (χ2n) is 8.45. The Morgan fingerprint density at radius 3 is 2.61 bits per heavy atom. The molecule has 3 atom stereocenters. The summed E-state index contributed by atoms with van der Waals surface area (Å²) in [5.41, 5.74) is 3.62. The number of benzene rings is 1. The molecule has 1 fully saturated rings.